The predicted molar refractivity (Wildman–Crippen MR) is 60.1 cm³/mol. The van der Waals surface area contributed by atoms with E-state index in [1.165, 1.54) is 0 Å². The highest BCUT2D eigenvalue weighted by Gasteiger charge is 2.23. The van der Waals surface area contributed by atoms with Crippen LogP contribution in [0.25, 0.3) is 0 Å². The zero-order chi connectivity index (χ0) is 12.1. The van der Waals surface area contributed by atoms with Crippen molar-refractivity contribution in [2.45, 2.75) is 18.9 Å². The lowest BCUT2D eigenvalue weighted by Crippen LogP contribution is -2.38. The fraction of sp³-hybridized carbons (Fsp3) is 0.636. The first-order chi connectivity index (χ1) is 7.50. The van der Waals surface area contributed by atoms with Crippen molar-refractivity contribution >= 4 is 11.9 Å². The van der Waals surface area contributed by atoms with E-state index in [0.29, 0.717) is 12.6 Å². The molecule has 0 aromatic rings. The molecule has 1 unspecified atom stereocenters. The van der Waals surface area contributed by atoms with Gasteiger partial charge in [-0.15, -0.1) is 0 Å². The first-order valence-electron chi connectivity index (χ1n) is 5.37. The average Bonchev–Trinajstić information content (AvgIpc) is 2.60. The minimum Gasteiger partial charge on any atom is -0.478 e. The zero-order valence-electron chi connectivity index (χ0n) is 9.72. The summed E-state index contributed by atoms with van der Waals surface area (Å²) in [7, 11) is 3.74. The number of hydrogen-bond acceptors (Lipinski definition) is 3. The summed E-state index contributed by atoms with van der Waals surface area (Å²) in [6, 6.07) is 0.396. The molecule has 16 heavy (non-hydrogen) atoms. The van der Waals surface area contributed by atoms with E-state index in [9.17, 15) is 9.59 Å². The number of rotatable bonds is 4. The van der Waals surface area contributed by atoms with Crippen molar-refractivity contribution in [2.75, 3.05) is 27.2 Å². The van der Waals surface area contributed by atoms with Gasteiger partial charge in [-0.1, -0.05) is 0 Å². The SMILES string of the molecule is CN(CC1CCCN1C)C(=O)C=CC(=O)O. The van der Waals surface area contributed by atoms with Gasteiger partial charge in [0.1, 0.15) is 0 Å². The lowest BCUT2D eigenvalue weighted by molar-refractivity contribution is -0.132. The molecule has 90 valence electrons. The van der Waals surface area contributed by atoms with Gasteiger partial charge in [-0.25, -0.2) is 4.79 Å². The molecule has 1 amide bonds. The summed E-state index contributed by atoms with van der Waals surface area (Å²) >= 11 is 0. The summed E-state index contributed by atoms with van der Waals surface area (Å²) < 4.78 is 0. The van der Waals surface area contributed by atoms with Gasteiger partial charge in [0.15, 0.2) is 0 Å². The van der Waals surface area contributed by atoms with E-state index in [0.717, 1.165) is 31.5 Å². The quantitative estimate of drug-likeness (QED) is 0.695. The first-order valence-corrected chi connectivity index (χ1v) is 5.37. The zero-order valence-corrected chi connectivity index (χ0v) is 9.72. The fourth-order valence-corrected chi connectivity index (χ4v) is 1.89. The Kier molecular flexibility index (Phi) is 4.49. The molecule has 0 aromatic heterocycles. The maximum Gasteiger partial charge on any atom is 0.328 e. The molecule has 0 saturated carbocycles. The normalized spacial score (nSPS) is 21.5. The molecule has 0 bridgehead atoms. The Morgan fingerprint density at radius 1 is 1.50 bits per heavy atom. The van der Waals surface area contributed by atoms with Gasteiger partial charge >= 0.3 is 5.97 Å². The lowest BCUT2D eigenvalue weighted by Gasteiger charge is -2.24. The van der Waals surface area contributed by atoms with Crippen LogP contribution < -0.4 is 0 Å². The smallest absolute Gasteiger partial charge is 0.328 e. The third-order valence-corrected chi connectivity index (χ3v) is 2.90. The monoisotopic (exact) mass is 226 g/mol. The van der Waals surface area contributed by atoms with Crippen molar-refractivity contribution in [2.24, 2.45) is 0 Å². The van der Waals surface area contributed by atoms with Crippen LogP contribution in [0.1, 0.15) is 12.8 Å². The number of carbonyl (C=O) groups excluding carboxylic acids is 1. The second-order valence-electron chi connectivity index (χ2n) is 4.17. The highest BCUT2D eigenvalue weighted by Crippen LogP contribution is 2.15. The number of aliphatic carboxylic acids is 1. The van der Waals surface area contributed by atoms with Crippen molar-refractivity contribution in [3.63, 3.8) is 0 Å². The molecule has 1 aliphatic rings. The van der Waals surface area contributed by atoms with E-state index in [4.69, 9.17) is 5.11 Å². The van der Waals surface area contributed by atoms with Crippen molar-refractivity contribution < 1.29 is 14.7 Å². The van der Waals surface area contributed by atoms with Crippen LogP contribution in [0.4, 0.5) is 0 Å². The number of carboxylic acid groups (broad SMARTS) is 1. The Hall–Kier alpha value is -1.36. The van der Waals surface area contributed by atoms with Crippen molar-refractivity contribution in [1.29, 1.82) is 0 Å². The Labute approximate surface area is 95.3 Å². The van der Waals surface area contributed by atoms with Gasteiger partial charge in [-0.05, 0) is 26.4 Å². The van der Waals surface area contributed by atoms with Gasteiger partial charge in [0.25, 0.3) is 0 Å². The van der Waals surface area contributed by atoms with Gasteiger partial charge in [-0.2, -0.15) is 0 Å². The van der Waals surface area contributed by atoms with E-state index in [2.05, 4.69) is 4.90 Å². The maximum absolute atomic E-state index is 11.5. The number of likely N-dealkylation sites (tertiary alicyclic amines) is 1. The molecular formula is C11H18N2O3. The molecule has 1 fully saturated rings. The minimum atomic E-state index is -1.10. The summed E-state index contributed by atoms with van der Waals surface area (Å²) in [6.45, 7) is 1.72. The molecule has 0 aliphatic carbocycles. The molecule has 0 radical (unpaired) electrons. The number of hydrogen-bond donors (Lipinski definition) is 1. The Bertz CT molecular complexity index is 302. The molecule has 1 rings (SSSR count). The summed E-state index contributed by atoms with van der Waals surface area (Å²) in [6.07, 6.45) is 4.22. The Morgan fingerprint density at radius 2 is 2.19 bits per heavy atom. The fourth-order valence-electron chi connectivity index (χ4n) is 1.89. The molecule has 5 heteroatoms. The topological polar surface area (TPSA) is 60.9 Å². The van der Waals surface area contributed by atoms with E-state index in [1.54, 1.807) is 11.9 Å². The standard InChI is InChI=1S/C11H18N2O3/c1-12-7-3-4-9(12)8-13(2)10(14)5-6-11(15)16/h5-6,9H,3-4,7-8H2,1-2H3,(H,15,16). The van der Waals surface area contributed by atoms with E-state index >= 15 is 0 Å². The van der Waals surface area contributed by atoms with Crippen molar-refractivity contribution in [3.05, 3.63) is 12.2 Å². The van der Waals surface area contributed by atoms with Crippen molar-refractivity contribution in [1.82, 2.24) is 9.80 Å². The van der Waals surface area contributed by atoms with Crippen LogP contribution in [0.15, 0.2) is 12.2 Å². The Morgan fingerprint density at radius 3 is 2.69 bits per heavy atom. The molecule has 0 aromatic carbocycles. The second kappa shape index (κ2) is 5.65. The highest BCUT2D eigenvalue weighted by molar-refractivity contribution is 5.93. The molecule has 1 N–H and O–H groups in total. The number of amides is 1. The van der Waals surface area contributed by atoms with E-state index < -0.39 is 5.97 Å². The Balaban J connectivity index is 2.42. The maximum atomic E-state index is 11.5. The number of carboxylic acids is 1. The predicted octanol–water partition coefficient (Wildman–Crippen LogP) is 0.180. The minimum absolute atomic E-state index is 0.261. The first kappa shape index (κ1) is 12.7. The largest absolute Gasteiger partial charge is 0.478 e. The summed E-state index contributed by atoms with van der Waals surface area (Å²) in [5.41, 5.74) is 0. The molecule has 1 heterocycles. The van der Waals surface area contributed by atoms with Crippen LogP contribution in [0.5, 0.6) is 0 Å². The average molecular weight is 226 g/mol. The van der Waals surface area contributed by atoms with Gasteiger partial charge in [-0.3, -0.25) is 4.79 Å². The van der Waals surface area contributed by atoms with Gasteiger partial charge in [0.05, 0.1) is 0 Å². The van der Waals surface area contributed by atoms with Gasteiger partial charge in [0.2, 0.25) is 5.91 Å². The molecule has 1 atom stereocenters. The summed E-state index contributed by atoms with van der Waals surface area (Å²) in [5, 5.41) is 8.40. The second-order valence-corrected chi connectivity index (χ2v) is 4.17. The number of nitrogens with zero attached hydrogens (tertiary/aromatic N) is 2. The van der Waals surface area contributed by atoms with Crippen LogP contribution in [0, 0.1) is 0 Å². The van der Waals surface area contributed by atoms with Crippen LogP contribution in [-0.2, 0) is 9.59 Å². The van der Waals surface area contributed by atoms with Crippen LogP contribution in [0.3, 0.4) is 0 Å². The number of likely N-dealkylation sites (N-methyl/N-ethyl adjacent to an activating group) is 2. The lowest BCUT2D eigenvalue weighted by atomic mass is 10.2. The molecule has 0 spiro atoms. The molecule has 1 saturated heterocycles. The molecule has 5 nitrogen and oxygen atoms in total. The van der Waals surface area contributed by atoms with Crippen LogP contribution in [0.2, 0.25) is 0 Å². The van der Waals surface area contributed by atoms with Gasteiger partial charge < -0.3 is 14.9 Å². The molecule has 1 aliphatic heterocycles. The van der Waals surface area contributed by atoms with Crippen LogP contribution in [-0.4, -0.2) is 60.0 Å². The summed E-state index contributed by atoms with van der Waals surface area (Å²) in [4.78, 5) is 25.5. The third kappa shape index (κ3) is 3.66. The molecular weight excluding hydrogens is 208 g/mol. The third-order valence-electron chi connectivity index (χ3n) is 2.90. The van der Waals surface area contributed by atoms with Crippen molar-refractivity contribution in [3.8, 4) is 0 Å². The van der Waals surface area contributed by atoms with Gasteiger partial charge in [0, 0.05) is 31.8 Å². The van der Waals surface area contributed by atoms with E-state index in [1.807, 2.05) is 7.05 Å². The summed E-state index contributed by atoms with van der Waals surface area (Å²) in [5.74, 6) is -1.36. The van der Waals surface area contributed by atoms with E-state index in [-0.39, 0.29) is 5.91 Å². The van der Waals surface area contributed by atoms with Crippen LogP contribution >= 0.6 is 0 Å². The highest BCUT2D eigenvalue weighted by atomic mass is 16.4. The number of carbonyl (C=O) groups is 2.